The Bertz CT molecular complexity index is 746. The van der Waals surface area contributed by atoms with E-state index in [-0.39, 0.29) is 5.92 Å². The molecule has 0 amide bonds. The third kappa shape index (κ3) is 2.80. The topological polar surface area (TPSA) is 43.8 Å². The molecule has 0 spiro atoms. The number of hydrogen-bond acceptors (Lipinski definition) is 2. The molecule has 108 valence electrons. The highest BCUT2D eigenvalue weighted by Crippen LogP contribution is 2.25. The second-order valence-electron chi connectivity index (χ2n) is 5.28. The van der Waals surface area contributed by atoms with E-state index in [1.807, 2.05) is 48.1 Å². The standard InChI is InChI=1S/C17H18ClN3/c1-21-17-5-3-2-4-15(17)16(20-21)10-13(11-19)12-6-8-14(18)9-7-12/h2-9,13H,10-11,19H2,1H3. The molecule has 1 unspecified atom stereocenters. The molecule has 1 heterocycles. The maximum absolute atomic E-state index is 5.97. The maximum Gasteiger partial charge on any atom is 0.0709 e. The molecule has 3 nitrogen and oxygen atoms in total. The average molecular weight is 300 g/mol. The van der Waals surface area contributed by atoms with Gasteiger partial charge in [-0.15, -0.1) is 0 Å². The molecule has 2 aromatic carbocycles. The molecule has 0 saturated heterocycles. The molecular formula is C17H18ClN3. The first-order valence-electron chi connectivity index (χ1n) is 7.05. The van der Waals surface area contributed by atoms with E-state index >= 15 is 0 Å². The minimum absolute atomic E-state index is 0.251. The van der Waals surface area contributed by atoms with E-state index in [1.165, 1.54) is 10.9 Å². The Kier molecular flexibility index (Phi) is 3.95. The lowest BCUT2D eigenvalue weighted by Crippen LogP contribution is -2.15. The molecule has 3 aromatic rings. The molecule has 4 heteroatoms. The van der Waals surface area contributed by atoms with Crippen LogP contribution in [-0.2, 0) is 13.5 Å². The first-order valence-corrected chi connectivity index (χ1v) is 7.43. The van der Waals surface area contributed by atoms with Gasteiger partial charge >= 0.3 is 0 Å². The summed E-state index contributed by atoms with van der Waals surface area (Å²) >= 11 is 5.95. The van der Waals surface area contributed by atoms with Crippen molar-refractivity contribution in [1.29, 1.82) is 0 Å². The third-order valence-electron chi connectivity index (χ3n) is 3.90. The summed E-state index contributed by atoms with van der Waals surface area (Å²) < 4.78 is 1.93. The van der Waals surface area contributed by atoms with Gasteiger partial charge in [0.2, 0.25) is 0 Å². The fourth-order valence-corrected chi connectivity index (χ4v) is 2.87. The van der Waals surface area contributed by atoms with Crippen LogP contribution >= 0.6 is 11.6 Å². The van der Waals surface area contributed by atoms with Crippen LogP contribution in [0.5, 0.6) is 0 Å². The number of nitrogens with zero attached hydrogens (tertiary/aromatic N) is 2. The monoisotopic (exact) mass is 299 g/mol. The lowest BCUT2D eigenvalue weighted by molar-refractivity contribution is 0.665. The largest absolute Gasteiger partial charge is 0.330 e. The predicted octanol–water partition coefficient (Wildman–Crippen LogP) is 3.51. The molecule has 0 radical (unpaired) electrons. The van der Waals surface area contributed by atoms with Crippen molar-refractivity contribution in [3.05, 3.63) is 64.8 Å². The molecular weight excluding hydrogens is 282 g/mol. The Morgan fingerprint density at radius 1 is 1.14 bits per heavy atom. The third-order valence-corrected chi connectivity index (χ3v) is 4.15. The van der Waals surface area contributed by atoms with Gasteiger partial charge in [0, 0.05) is 29.8 Å². The molecule has 0 bridgehead atoms. The molecule has 2 N–H and O–H groups in total. The van der Waals surface area contributed by atoms with Gasteiger partial charge in [0.15, 0.2) is 0 Å². The lowest BCUT2D eigenvalue weighted by Gasteiger charge is -2.14. The van der Waals surface area contributed by atoms with E-state index in [0.717, 1.165) is 22.7 Å². The molecule has 0 aliphatic rings. The SMILES string of the molecule is Cn1nc(CC(CN)c2ccc(Cl)cc2)c2ccccc21. The number of benzene rings is 2. The smallest absolute Gasteiger partial charge is 0.0709 e. The number of fused-ring (bicyclic) bond motifs is 1. The van der Waals surface area contributed by atoms with Crippen molar-refractivity contribution in [3.63, 3.8) is 0 Å². The van der Waals surface area contributed by atoms with Crippen LogP contribution in [0.2, 0.25) is 5.02 Å². The fraction of sp³-hybridized carbons (Fsp3) is 0.235. The van der Waals surface area contributed by atoms with Crippen molar-refractivity contribution in [2.24, 2.45) is 12.8 Å². The van der Waals surface area contributed by atoms with Crippen molar-refractivity contribution in [2.45, 2.75) is 12.3 Å². The normalized spacial score (nSPS) is 12.7. The first-order chi connectivity index (χ1) is 10.2. The molecule has 0 aliphatic carbocycles. The Morgan fingerprint density at radius 2 is 1.86 bits per heavy atom. The number of halogens is 1. The van der Waals surface area contributed by atoms with Crippen molar-refractivity contribution < 1.29 is 0 Å². The Morgan fingerprint density at radius 3 is 2.57 bits per heavy atom. The number of aryl methyl sites for hydroxylation is 1. The predicted molar refractivity (Wildman–Crippen MR) is 87.7 cm³/mol. The van der Waals surface area contributed by atoms with Gasteiger partial charge in [0.25, 0.3) is 0 Å². The minimum atomic E-state index is 0.251. The van der Waals surface area contributed by atoms with E-state index < -0.39 is 0 Å². The fourth-order valence-electron chi connectivity index (χ4n) is 2.75. The number of aromatic nitrogens is 2. The van der Waals surface area contributed by atoms with Gasteiger partial charge in [-0.2, -0.15) is 5.10 Å². The van der Waals surface area contributed by atoms with Crippen LogP contribution in [0.4, 0.5) is 0 Å². The minimum Gasteiger partial charge on any atom is -0.330 e. The van der Waals surface area contributed by atoms with E-state index in [9.17, 15) is 0 Å². The summed E-state index contributed by atoms with van der Waals surface area (Å²) in [6, 6.07) is 16.2. The van der Waals surface area contributed by atoms with Crippen LogP contribution in [0.1, 0.15) is 17.2 Å². The van der Waals surface area contributed by atoms with Gasteiger partial charge in [-0.05, 0) is 30.3 Å². The average Bonchev–Trinajstić information content (AvgIpc) is 2.83. The van der Waals surface area contributed by atoms with Crippen LogP contribution in [-0.4, -0.2) is 16.3 Å². The Labute approximate surface area is 129 Å². The van der Waals surface area contributed by atoms with Gasteiger partial charge in [-0.1, -0.05) is 41.9 Å². The number of rotatable bonds is 4. The Hall–Kier alpha value is -1.84. The summed E-state index contributed by atoms with van der Waals surface area (Å²) in [5.41, 5.74) is 9.43. The van der Waals surface area contributed by atoms with Crippen LogP contribution < -0.4 is 5.73 Å². The highest BCUT2D eigenvalue weighted by atomic mass is 35.5. The van der Waals surface area contributed by atoms with E-state index in [4.69, 9.17) is 17.3 Å². The quantitative estimate of drug-likeness (QED) is 0.801. The number of hydrogen-bond donors (Lipinski definition) is 1. The first kappa shape index (κ1) is 14.1. The summed E-state index contributed by atoms with van der Waals surface area (Å²) in [7, 11) is 1.98. The van der Waals surface area contributed by atoms with Gasteiger partial charge in [-0.3, -0.25) is 4.68 Å². The molecule has 21 heavy (non-hydrogen) atoms. The van der Waals surface area contributed by atoms with Crippen molar-refractivity contribution >= 4 is 22.5 Å². The van der Waals surface area contributed by atoms with Crippen LogP contribution in [0.15, 0.2) is 48.5 Å². The van der Waals surface area contributed by atoms with Crippen molar-refractivity contribution in [1.82, 2.24) is 9.78 Å². The Balaban J connectivity index is 1.94. The zero-order valence-corrected chi connectivity index (χ0v) is 12.7. The molecule has 1 atom stereocenters. The van der Waals surface area contributed by atoms with E-state index in [1.54, 1.807) is 0 Å². The van der Waals surface area contributed by atoms with Gasteiger partial charge in [-0.25, -0.2) is 0 Å². The van der Waals surface area contributed by atoms with Crippen LogP contribution in [0.25, 0.3) is 10.9 Å². The van der Waals surface area contributed by atoms with Gasteiger partial charge < -0.3 is 5.73 Å². The highest BCUT2D eigenvalue weighted by molar-refractivity contribution is 6.30. The molecule has 1 aromatic heterocycles. The van der Waals surface area contributed by atoms with Crippen molar-refractivity contribution in [3.8, 4) is 0 Å². The molecule has 0 saturated carbocycles. The summed E-state index contributed by atoms with van der Waals surface area (Å²) in [6.45, 7) is 0.590. The van der Waals surface area contributed by atoms with Crippen molar-refractivity contribution in [2.75, 3.05) is 6.54 Å². The summed E-state index contributed by atoms with van der Waals surface area (Å²) in [5, 5.41) is 6.60. The molecule has 0 aliphatic heterocycles. The molecule has 3 rings (SSSR count). The van der Waals surface area contributed by atoms with E-state index in [0.29, 0.717) is 6.54 Å². The summed E-state index contributed by atoms with van der Waals surface area (Å²) in [4.78, 5) is 0. The number of nitrogens with two attached hydrogens (primary N) is 1. The zero-order chi connectivity index (χ0) is 14.8. The number of para-hydroxylation sites is 1. The zero-order valence-electron chi connectivity index (χ0n) is 12.0. The maximum atomic E-state index is 5.97. The summed E-state index contributed by atoms with van der Waals surface area (Å²) in [6.07, 6.45) is 0.833. The van der Waals surface area contributed by atoms with Gasteiger partial charge in [0.1, 0.15) is 0 Å². The highest BCUT2D eigenvalue weighted by Gasteiger charge is 2.15. The second kappa shape index (κ2) is 5.88. The van der Waals surface area contributed by atoms with Gasteiger partial charge in [0.05, 0.1) is 11.2 Å². The van der Waals surface area contributed by atoms with Crippen LogP contribution in [0, 0.1) is 0 Å². The lowest BCUT2D eigenvalue weighted by atomic mass is 9.93. The van der Waals surface area contributed by atoms with E-state index in [2.05, 4.69) is 17.2 Å². The second-order valence-corrected chi connectivity index (χ2v) is 5.71. The molecule has 0 fully saturated rings. The van der Waals surface area contributed by atoms with Crippen LogP contribution in [0.3, 0.4) is 0 Å². The summed E-state index contributed by atoms with van der Waals surface area (Å²) in [5.74, 6) is 0.251.